The van der Waals surface area contributed by atoms with Crippen molar-refractivity contribution in [1.29, 1.82) is 0 Å². The molecule has 1 aliphatic carbocycles. The monoisotopic (exact) mass is 243 g/mol. The molecule has 0 saturated heterocycles. The van der Waals surface area contributed by atoms with Crippen molar-refractivity contribution >= 4 is 11.5 Å². The summed E-state index contributed by atoms with van der Waals surface area (Å²) in [6.07, 6.45) is 1.53. The molecule has 3 heteroatoms. The molecule has 0 unspecified atom stereocenters. The highest BCUT2D eigenvalue weighted by Crippen LogP contribution is 2.23. The maximum atomic E-state index is 11.7. The van der Waals surface area contributed by atoms with Gasteiger partial charge in [0.2, 0.25) is 0 Å². The lowest BCUT2D eigenvalue weighted by molar-refractivity contribution is -0.114. The number of carbonyl (C=O) groups is 1. The Balaban J connectivity index is 2.19. The van der Waals surface area contributed by atoms with Gasteiger partial charge in [-0.3, -0.25) is 9.79 Å². The van der Waals surface area contributed by atoms with Gasteiger partial charge in [-0.15, -0.1) is 0 Å². The molecule has 1 aromatic rings. The smallest absolute Gasteiger partial charge is 0.168 e. The van der Waals surface area contributed by atoms with Crippen LogP contribution in [0.5, 0.6) is 0 Å². The minimum atomic E-state index is 0.0150. The van der Waals surface area contributed by atoms with E-state index in [0.29, 0.717) is 31.4 Å². The Hall–Kier alpha value is -1.90. The molecule has 18 heavy (non-hydrogen) atoms. The van der Waals surface area contributed by atoms with E-state index in [-0.39, 0.29) is 11.5 Å². The lowest BCUT2D eigenvalue weighted by Crippen LogP contribution is -2.10. The fraction of sp³-hybridized carbons (Fsp3) is 0.333. The van der Waals surface area contributed by atoms with Gasteiger partial charge in [-0.25, -0.2) is 0 Å². The number of aliphatic hydroxyl groups excluding tert-OH is 1. The normalized spacial score (nSPS) is 16.5. The van der Waals surface area contributed by atoms with Crippen molar-refractivity contribution in [3.8, 4) is 0 Å². The summed E-state index contributed by atoms with van der Waals surface area (Å²) in [6, 6.07) is 9.90. The summed E-state index contributed by atoms with van der Waals surface area (Å²) >= 11 is 0. The van der Waals surface area contributed by atoms with E-state index < -0.39 is 0 Å². The van der Waals surface area contributed by atoms with Crippen molar-refractivity contribution in [1.82, 2.24) is 0 Å². The van der Waals surface area contributed by atoms with Crippen molar-refractivity contribution in [3.05, 3.63) is 47.2 Å². The second-order valence-electron chi connectivity index (χ2n) is 4.35. The molecular weight excluding hydrogens is 226 g/mol. The van der Waals surface area contributed by atoms with Gasteiger partial charge in [0.1, 0.15) is 5.76 Å². The fourth-order valence-corrected chi connectivity index (χ4v) is 2.11. The molecular formula is C15H17NO2. The van der Waals surface area contributed by atoms with E-state index in [4.69, 9.17) is 0 Å². The SMILES string of the molecule is CCC(=NCc1ccccc1)C1=C(O)CCC1=O. The van der Waals surface area contributed by atoms with Crippen LogP contribution in [0.4, 0.5) is 0 Å². The van der Waals surface area contributed by atoms with Gasteiger partial charge in [0.15, 0.2) is 5.78 Å². The number of allylic oxidation sites excluding steroid dienone is 2. The van der Waals surface area contributed by atoms with Gasteiger partial charge in [0.25, 0.3) is 0 Å². The standard InChI is InChI=1S/C15H17NO2/c1-2-12(15-13(17)8-9-14(15)18)16-10-11-6-4-3-5-7-11/h3-7,17H,2,8-10H2,1H3. The van der Waals surface area contributed by atoms with E-state index in [1.165, 1.54) is 0 Å². The van der Waals surface area contributed by atoms with Crippen molar-refractivity contribution < 1.29 is 9.90 Å². The van der Waals surface area contributed by atoms with Gasteiger partial charge in [0.05, 0.1) is 12.1 Å². The number of hydrogen-bond acceptors (Lipinski definition) is 3. The van der Waals surface area contributed by atoms with Gasteiger partial charge in [-0.05, 0) is 12.0 Å². The third-order valence-corrected chi connectivity index (χ3v) is 3.08. The van der Waals surface area contributed by atoms with E-state index >= 15 is 0 Å². The van der Waals surface area contributed by atoms with Crippen molar-refractivity contribution in [2.75, 3.05) is 0 Å². The van der Waals surface area contributed by atoms with Crippen LogP contribution in [0, 0.1) is 0 Å². The molecule has 3 nitrogen and oxygen atoms in total. The Morgan fingerprint density at radius 2 is 2.00 bits per heavy atom. The lowest BCUT2D eigenvalue weighted by atomic mass is 10.1. The molecule has 1 N–H and O–H groups in total. The second-order valence-corrected chi connectivity index (χ2v) is 4.35. The van der Waals surface area contributed by atoms with Crippen LogP contribution in [-0.4, -0.2) is 16.6 Å². The number of nitrogens with zero attached hydrogens (tertiary/aromatic N) is 1. The molecule has 0 aromatic heterocycles. The van der Waals surface area contributed by atoms with E-state index in [1.807, 2.05) is 37.3 Å². The Morgan fingerprint density at radius 3 is 2.56 bits per heavy atom. The van der Waals surface area contributed by atoms with Crippen molar-refractivity contribution in [3.63, 3.8) is 0 Å². The average molecular weight is 243 g/mol. The molecule has 0 bridgehead atoms. The van der Waals surface area contributed by atoms with E-state index in [1.54, 1.807) is 0 Å². The van der Waals surface area contributed by atoms with E-state index in [0.717, 1.165) is 11.3 Å². The number of benzene rings is 1. The van der Waals surface area contributed by atoms with Crippen LogP contribution in [0.2, 0.25) is 0 Å². The summed E-state index contributed by atoms with van der Waals surface area (Å²) in [5.41, 5.74) is 2.28. The molecule has 0 heterocycles. The van der Waals surface area contributed by atoms with E-state index in [2.05, 4.69) is 4.99 Å². The number of hydrogen-bond donors (Lipinski definition) is 1. The minimum Gasteiger partial charge on any atom is -0.511 e. The highest BCUT2D eigenvalue weighted by molar-refractivity contribution is 6.23. The number of Topliss-reactive ketones (excluding diaryl/α,β-unsaturated/α-hetero) is 1. The first-order valence-corrected chi connectivity index (χ1v) is 6.25. The Morgan fingerprint density at radius 1 is 1.28 bits per heavy atom. The molecule has 0 aliphatic heterocycles. The minimum absolute atomic E-state index is 0.0150. The number of rotatable bonds is 4. The summed E-state index contributed by atoms with van der Waals surface area (Å²) in [6.45, 7) is 2.50. The molecule has 94 valence electrons. The van der Waals surface area contributed by atoms with Crippen LogP contribution >= 0.6 is 0 Å². The van der Waals surface area contributed by atoms with Crippen LogP contribution < -0.4 is 0 Å². The van der Waals surface area contributed by atoms with Gasteiger partial charge in [-0.1, -0.05) is 37.3 Å². The van der Waals surface area contributed by atoms with Crippen LogP contribution in [-0.2, 0) is 11.3 Å². The lowest BCUT2D eigenvalue weighted by Gasteiger charge is -2.05. The first-order valence-electron chi connectivity index (χ1n) is 6.25. The highest BCUT2D eigenvalue weighted by atomic mass is 16.3. The average Bonchev–Trinajstić information content (AvgIpc) is 2.73. The van der Waals surface area contributed by atoms with E-state index in [9.17, 15) is 9.90 Å². The summed E-state index contributed by atoms with van der Waals surface area (Å²) in [5.74, 6) is 0.217. The predicted octanol–water partition coefficient (Wildman–Crippen LogP) is 3.21. The summed E-state index contributed by atoms with van der Waals surface area (Å²) in [5, 5.41) is 9.74. The number of carbonyl (C=O) groups excluding carboxylic acids is 1. The topological polar surface area (TPSA) is 49.7 Å². The third-order valence-electron chi connectivity index (χ3n) is 3.08. The zero-order valence-electron chi connectivity index (χ0n) is 10.5. The number of ketones is 1. The van der Waals surface area contributed by atoms with Gasteiger partial charge in [-0.2, -0.15) is 0 Å². The predicted molar refractivity (Wildman–Crippen MR) is 71.8 cm³/mol. The molecule has 0 atom stereocenters. The Labute approximate surface area is 107 Å². The second kappa shape index (κ2) is 5.63. The molecule has 0 saturated carbocycles. The Bertz CT molecular complexity index is 500. The molecule has 0 amide bonds. The zero-order valence-corrected chi connectivity index (χ0v) is 10.5. The first-order chi connectivity index (χ1) is 8.72. The molecule has 0 fully saturated rings. The first kappa shape index (κ1) is 12.6. The molecule has 0 spiro atoms. The van der Waals surface area contributed by atoms with Crippen molar-refractivity contribution in [2.24, 2.45) is 4.99 Å². The number of aliphatic imine (C=N–C) groups is 1. The summed E-state index contributed by atoms with van der Waals surface area (Å²) in [7, 11) is 0. The highest BCUT2D eigenvalue weighted by Gasteiger charge is 2.25. The van der Waals surface area contributed by atoms with Crippen LogP contribution in [0.25, 0.3) is 0 Å². The third kappa shape index (κ3) is 2.67. The van der Waals surface area contributed by atoms with Gasteiger partial charge < -0.3 is 5.11 Å². The number of aliphatic hydroxyl groups is 1. The summed E-state index contributed by atoms with van der Waals surface area (Å²) < 4.78 is 0. The largest absolute Gasteiger partial charge is 0.511 e. The van der Waals surface area contributed by atoms with Gasteiger partial charge >= 0.3 is 0 Å². The zero-order chi connectivity index (χ0) is 13.0. The fourth-order valence-electron chi connectivity index (χ4n) is 2.11. The van der Waals surface area contributed by atoms with Crippen LogP contribution in [0.15, 0.2) is 46.7 Å². The molecule has 1 aromatic carbocycles. The summed E-state index contributed by atoms with van der Waals surface area (Å²) in [4.78, 5) is 16.2. The van der Waals surface area contributed by atoms with Crippen molar-refractivity contribution in [2.45, 2.75) is 32.7 Å². The maximum Gasteiger partial charge on any atom is 0.168 e. The molecule has 1 aliphatic rings. The van der Waals surface area contributed by atoms with Crippen LogP contribution in [0.3, 0.4) is 0 Å². The maximum absolute atomic E-state index is 11.7. The van der Waals surface area contributed by atoms with Gasteiger partial charge in [0, 0.05) is 18.6 Å². The molecule has 0 radical (unpaired) electrons. The van der Waals surface area contributed by atoms with Crippen LogP contribution in [0.1, 0.15) is 31.7 Å². The quantitative estimate of drug-likeness (QED) is 0.825. The molecule has 2 rings (SSSR count). The Kier molecular flexibility index (Phi) is 3.92.